The van der Waals surface area contributed by atoms with E-state index in [4.69, 9.17) is 9.47 Å². The number of ether oxygens (including phenoxy) is 2. The lowest BCUT2D eigenvalue weighted by molar-refractivity contribution is 0.109. The van der Waals surface area contributed by atoms with Crippen molar-refractivity contribution in [3.05, 3.63) is 11.6 Å². The van der Waals surface area contributed by atoms with Crippen LogP contribution in [0.4, 0.5) is 0 Å². The maximum Gasteiger partial charge on any atom is 0.0649 e. The molecule has 1 atom stereocenters. The third-order valence-electron chi connectivity index (χ3n) is 2.34. The zero-order valence-electron chi connectivity index (χ0n) is 10.0. The van der Waals surface area contributed by atoms with Crippen molar-refractivity contribution >= 4 is 0 Å². The predicted octanol–water partition coefficient (Wildman–Crippen LogP) is 3.17. The van der Waals surface area contributed by atoms with Crippen molar-refractivity contribution in [1.82, 2.24) is 0 Å². The van der Waals surface area contributed by atoms with Crippen LogP contribution < -0.4 is 0 Å². The van der Waals surface area contributed by atoms with Crippen molar-refractivity contribution in [2.24, 2.45) is 0 Å². The molecule has 0 aromatic carbocycles. The van der Waals surface area contributed by atoms with Crippen LogP contribution in [0.3, 0.4) is 0 Å². The van der Waals surface area contributed by atoms with E-state index in [9.17, 15) is 0 Å². The van der Waals surface area contributed by atoms with Gasteiger partial charge in [0.1, 0.15) is 0 Å². The minimum Gasteiger partial charge on any atom is -0.382 e. The summed E-state index contributed by atoms with van der Waals surface area (Å²) < 4.78 is 10.4. The summed E-state index contributed by atoms with van der Waals surface area (Å²) in [5.74, 6) is 0. The summed E-state index contributed by atoms with van der Waals surface area (Å²) in [7, 11) is 1.77. The summed E-state index contributed by atoms with van der Waals surface area (Å²) in [5.41, 5.74) is 1.42. The number of allylic oxidation sites excluding steroid dienone is 1. The van der Waals surface area contributed by atoms with Gasteiger partial charge < -0.3 is 9.47 Å². The normalized spacial score (nSPS) is 14.4. The number of methoxy groups -OCH3 is 1. The van der Waals surface area contributed by atoms with E-state index in [0.717, 1.165) is 26.1 Å². The lowest BCUT2D eigenvalue weighted by atomic mass is 10.1. The summed E-state index contributed by atoms with van der Waals surface area (Å²) in [6.07, 6.45) is 6.04. The second-order valence-electron chi connectivity index (χ2n) is 3.65. The van der Waals surface area contributed by atoms with Crippen LogP contribution in [-0.4, -0.2) is 26.4 Å². The molecule has 0 fully saturated rings. The average Bonchev–Trinajstić information content (AvgIpc) is 2.18. The smallest absolute Gasteiger partial charge is 0.0649 e. The molecule has 1 unspecified atom stereocenters. The van der Waals surface area contributed by atoms with E-state index in [1.165, 1.54) is 12.0 Å². The van der Waals surface area contributed by atoms with E-state index in [1.807, 2.05) is 6.92 Å². The Morgan fingerprint density at radius 2 is 2.14 bits per heavy atom. The fourth-order valence-electron chi connectivity index (χ4n) is 1.21. The van der Waals surface area contributed by atoms with Gasteiger partial charge in [-0.2, -0.15) is 0 Å². The molecule has 2 nitrogen and oxygen atoms in total. The first kappa shape index (κ1) is 13.7. The van der Waals surface area contributed by atoms with E-state index in [1.54, 1.807) is 7.11 Å². The Kier molecular flexibility index (Phi) is 9.00. The molecule has 0 spiro atoms. The third kappa shape index (κ3) is 8.27. The standard InChI is InChI=1S/C12H24O2/c1-5-14-10-9-11(2)7-6-8-12(3)13-4/h9,12H,5-8,10H2,1-4H3. The molecule has 0 aromatic heterocycles. The Labute approximate surface area is 88.3 Å². The van der Waals surface area contributed by atoms with E-state index in [-0.39, 0.29) is 0 Å². The molecular formula is C12H24O2. The lowest BCUT2D eigenvalue weighted by Crippen LogP contribution is -2.03. The zero-order chi connectivity index (χ0) is 10.8. The lowest BCUT2D eigenvalue weighted by Gasteiger charge is -2.08. The summed E-state index contributed by atoms with van der Waals surface area (Å²) in [6.45, 7) is 7.84. The van der Waals surface area contributed by atoms with Crippen LogP contribution in [-0.2, 0) is 9.47 Å². The average molecular weight is 200 g/mol. The van der Waals surface area contributed by atoms with Crippen molar-refractivity contribution in [1.29, 1.82) is 0 Å². The third-order valence-corrected chi connectivity index (χ3v) is 2.34. The first-order chi connectivity index (χ1) is 6.70. The fourth-order valence-corrected chi connectivity index (χ4v) is 1.21. The number of hydrogen-bond acceptors (Lipinski definition) is 2. The summed E-state index contributed by atoms with van der Waals surface area (Å²) in [6, 6.07) is 0. The van der Waals surface area contributed by atoms with Crippen LogP contribution in [0.2, 0.25) is 0 Å². The second-order valence-corrected chi connectivity index (χ2v) is 3.65. The quantitative estimate of drug-likeness (QED) is 0.442. The van der Waals surface area contributed by atoms with Crippen molar-refractivity contribution in [2.45, 2.75) is 46.1 Å². The highest BCUT2D eigenvalue weighted by Crippen LogP contribution is 2.09. The van der Waals surface area contributed by atoms with Gasteiger partial charge in [-0.05, 0) is 40.0 Å². The number of rotatable bonds is 8. The van der Waals surface area contributed by atoms with E-state index < -0.39 is 0 Å². The van der Waals surface area contributed by atoms with Crippen molar-refractivity contribution in [3.63, 3.8) is 0 Å². The Morgan fingerprint density at radius 1 is 1.43 bits per heavy atom. The van der Waals surface area contributed by atoms with Crippen LogP contribution in [0.15, 0.2) is 11.6 Å². The molecule has 84 valence electrons. The monoisotopic (exact) mass is 200 g/mol. The predicted molar refractivity (Wildman–Crippen MR) is 60.6 cm³/mol. The molecule has 0 aromatic rings. The molecule has 0 heterocycles. The maximum absolute atomic E-state index is 5.25. The van der Waals surface area contributed by atoms with E-state index in [2.05, 4.69) is 19.9 Å². The highest BCUT2D eigenvalue weighted by molar-refractivity contribution is 4.97. The van der Waals surface area contributed by atoms with Crippen LogP contribution in [0.1, 0.15) is 40.0 Å². The highest BCUT2D eigenvalue weighted by atomic mass is 16.5. The molecule has 0 amide bonds. The number of hydrogen-bond donors (Lipinski definition) is 0. The topological polar surface area (TPSA) is 18.5 Å². The van der Waals surface area contributed by atoms with Crippen LogP contribution in [0.25, 0.3) is 0 Å². The molecule has 0 saturated heterocycles. The highest BCUT2D eigenvalue weighted by Gasteiger charge is 1.98. The van der Waals surface area contributed by atoms with Gasteiger partial charge in [-0.1, -0.05) is 11.6 Å². The Balaban J connectivity index is 3.42. The van der Waals surface area contributed by atoms with Gasteiger partial charge >= 0.3 is 0 Å². The summed E-state index contributed by atoms with van der Waals surface area (Å²) in [5, 5.41) is 0. The van der Waals surface area contributed by atoms with E-state index >= 15 is 0 Å². The largest absolute Gasteiger partial charge is 0.382 e. The van der Waals surface area contributed by atoms with Gasteiger partial charge in [0.05, 0.1) is 12.7 Å². The molecule has 0 rings (SSSR count). The molecule has 0 N–H and O–H groups in total. The summed E-state index contributed by atoms with van der Waals surface area (Å²) in [4.78, 5) is 0. The van der Waals surface area contributed by atoms with Crippen molar-refractivity contribution in [2.75, 3.05) is 20.3 Å². The Hall–Kier alpha value is -0.340. The molecule has 2 heteroatoms. The van der Waals surface area contributed by atoms with Crippen LogP contribution in [0, 0.1) is 0 Å². The van der Waals surface area contributed by atoms with E-state index in [0.29, 0.717) is 6.10 Å². The molecular weight excluding hydrogens is 176 g/mol. The Morgan fingerprint density at radius 3 is 2.71 bits per heavy atom. The van der Waals surface area contributed by atoms with Gasteiger partial charge in [-0.25, -0.2) is 0 Å². The molecule has 0 radical (unpaired) electrons. The Bertz CT molecular complexity index is 152. The van der Waals surface area contributed by atoms with Crippen molar-refractivity contribution < 1.29 is 9.47 Å². The van der Waals surface area contributed by atoms with Crippen LogP contribution >= 0.6 is 0 Å². The molecule has 0 bridgehead atoms. The molecule has 0 aliphatic heterocycles. The minimum absolute atomic E-state index is 0.384. The molecule has 0 saturated carbocycles. The first-order valence-electron chi connectivity index (χ1n) is 5.46. The molecule has 14 heavy (non-hydrogen) atoms. The minimum atomic E-state index is 0.384. The van der Waals surface area contributed by atoms with Gasteiger partial charge in [0, 0.05) is 13.7 Å². The zero-order valence-corrected chi connectivity index (χ0v) is 10.0. The second kappa shape index (κ2) is 9.22. The van der Waals surface area contributed by atoms with Gasteiger partial charge in [-0.3, -0.25) is 0 Å². The van der Waals surface area contributed by atoms with Crippen LogP contribution in [0.5, 0.6) is 0 Å². The fraction of sp³-hybridized carbons (Fsp3) is 0.833. The van der Waals surface area contributed by atoms with Gasteiger partial charge in [0.2, 0.25) is 0 Å². The molecule has 0 aliphatic carbocycles. The van der Waals surface area contributed by atoms with Gasteiger partial charge in [0.15, 0.2) is 0 Å². The first-order valence-corrected chi connectivity index (χ1v) is 5.46. The summed E-state index contributed by atoms with van der Waals surface area (Å²) >= 11 is 0. The molecule has 0 aliphatic rings. The maximum atomic E-state index is 5.25. The van der Waals surface area contributed by atoms with Gasteiger partial charge in [-0.15, -0.1) is 0 Å². The van der Waals surface area contributed by atoms with Crippen molar-refractivity contribution in [3.8, 4) is 0 Å². The SMILES string of the molecule is CCOCC=C(C)CCCC(C)OC. The van der Waals surface area contributed by atoms with Gasteiger partial charge in [0.25, 0.3) is 0 Å².